The molecule has 10 heteroatoms. The van der Waals surface area contributed by atoms with Gasteiger partial charge >= 0.3 is 23.9 Å². The molecule has 10 nitrogen and oxygen atoms in total. The lowest BCUT2D eigenvalue weighted by molar-refractivity contribution is -0.437. The highest BCUT2D eigenvalue weighted by atomic mass is 16.7. The van der Waals surface area contributed by atoms with Crippen LogP contribution in [0.4, 0.5) is 0 Å². The summed E-state index contributed by atoms with van der Waals surface area (Å²) < 4.78 is 26.8. The van der Waals surface area contributed by atoms with Crippen molar-refractivity contribution in [3.63, 3.8) is 0 Å². The predicted molar refractivity (Wildman–Crippen MR) is 92.6 cm³/mol. The maximum absolute atomic E-state index is 12.7. The van der Waals surface area contributed by atoms with E-state index in [9.17, 15) is 24.3 Å². The summed E-state index contributed by atoms with van der Waals surface area (Å²) in [6.07, 6.45) is 0. The van der Waals surface area contributed by atoms with E-state index in [1.807, 2.05) is 0 Å². The minimum Gasteiger partial charge on any atom is -0.467 e. The molecule has 1 rings (SSSR count). The number of methoxy groups -OCH3 is 1. The second kappa shape index (κ2) is 7.00. The van der Waals surface area contributed by atoms with Gasteiger partial charge in [0.1, 0.15) is 0 Å². The van der Waals surface area contributed by atoms with Crippen LogP contribution in [0.2, 0.25) is 0 Å². The summed E-state index contributed by atoms with van der Waals surface area (Å²) in [7, 11) is 1.07. The first kappa shape index (κ1) is 23.8. The Morgan fingerprint density at radius 3 is 1.43 bits per heavy atom. The Kier molecular flexibility index (Phi) is 5.96. The number of aliphatic hydroxyl groups is 1. The van der Waals surface area contributed by atoms with Crippen molar-refractivity contribution in [1.29, 1.82) is 0 Å². The molecule has 0 spiro atoms. The molecule has 0 radical (unpaired) electrons. The van der Waals surface area contributed by atoms with Crippen LogP contribution in [0.15, 0.2) is 0 Å². The van der Waals surface area contributed by atoms with E-state index < -0.39 is 52.1 Å². The van der Waals surface area contributed by atoms with Gasteiger partial charge in [0.25, 0.3) is 0 Å². The second-order valence-electron chi connectivity index (χ2n) is 7.49. The number of ether oxygens (including phenoxy) is 5. The average molecular weight is 404 g/mol. The van der Waals surface area contributed by atoms with Crippen LogP contribution in [0.5, 0.6) is 0 Å². The summed E-state index contributed by atoms with van der Waals surface area (Å²) >= 11 is 0. The molecular formula is C18H28O10. The molecule has 5 atom stereocenters. The van der Waals surface area contributed by atoms with Crippen LogP contribution in [0, 0.1) is 0 Å². The number of rotatable bonds is 4. The third-order valence-electron chi connectivity index (χ3n) is 5.64. The summed E-state index contributed by atoms with van der Waals surface area (Å²) in [5, 5.41) is 11.1. The molecule has 0 bridgehead atoms. The van der Waals surface area contributed by atoms with Crippen LogP contribution in [0.1, 0.15) is 55.4 Å². The fraction of sp³-hybridized carbons (Fsp3) is 0.778. The second-order valence-corrected chi connectivity index (χ2v) is 7.49. The first-order chi connectivity index (χ1) is 12.4. The molecule has 0 aliphatic carbocycles. The lowest BCUT2D eigenvalue weighted by Crippen LogP contribution is -2.87. The van der Waals surface area contributed by atoms with Gasteiger partial charge in [-0.15, -0.1) is 0 Å². The van der Waals surface area contributed by atoms with E-state index in [0.717, 1.165) is 34.8 Å². The quantitative estimate of drug-likeness (QED) is 0.525. The normalized spacial score (nSPS) is 40.2. The fourth-order valence-electron chi connectivity index (χ4n) is 3.82. The van der Waals surface area contributed by atoms with Crippen LogP contribution in [-0.2, 0) is 42.9 Å². The molecule has 1 heterocycles. The van der Waals surface area contributed by atoms with Gasteiger partial charge in [0.15, 0.2) is 11.2 Å². The molecule has 28 heavy (non-hydrogen) atoms. The molecule has 0 aromatic rings. The van der Waals surface area contributed by atoms with Gasteiger partial charge in [-0.1, -0.05) is 0 Å². The van der Waals surface area contributed by atoms with Crippen molar-refractivity contribution in [1.82, 2.24) is 0 Å². The van der Waals surface area contributed by atoms with E-state index in [4.69, 9.17) is 23.7 Å². The number of hydrogen-bond acceptors (Lipinski definition) is 10. The predicted octanol–water partition coefficient (Wildman–Crippen LogP) is 0.622. The van der Waals surface area contributed by atoms with Gasteiger partial charge in [-0.2, -0.15) is 0 Å². The van der Waals surface area contributed by atoms with Crippen molar-refractivity contribution >= 4 is 23.9 Å². The Bertz CT molecular complexity index is 700. The molecule has 1 saturated heterocycles. The van der Waals surface area contributed by atoms with E-state index in [-0.39, 0.29) is 0 Å². The van der Waals surface area contributed by atoms with Crippen molar-refractivity contribution in [3.05, 3.63) is 0 Å². The van der Waals surface area contributed by atoms with Crippen LogP contribution in [0.25, 0.3) is 0 Å². The van der Waals surface area contributed by atoms with Crippen LogP contribution in [0.3, 0.4) is 0 Å². The highest BCUT2D eigenvalue weighted by Crippen LogP contribution is 2.58. The monoisotopic (exact) mass is 404 g/mol. The van der Waals surface area contributed by atoms with Gasteiger partial charge in [0.05, 0.1) is 7.11 Å². The maximum Gasteiger partial charge on any atom is 0.342 e. The summed E-state index contributed by atoms with van der Waals surface area (Å²) in [6.45, 7) is 9.37. The molecule has 1 fully saturated rings. The molecule has 1 aliphatic rings. The van der Waals surface area contributed by atoms with Gasteiger partial charge in [0.2, 0.25) is 17.0 Å². The molecule has 1 N–H and O–H groups in total. The topological polar surface area (TPSA) is 135 Å². The lowest BCUT2D eigenvalue weighted by Gasteiger charge is -2.65. The molecule has 160 valence electrons. The fourth-order valence-corrected chi connectivity index (χ4v) is 3.82. The zero-order valence-electron chi connectivity index (χ0n) is 17.6. The third-order valence-corrected chi connectivity index (χ3v) is 5.64. The summed E-state index contributed by atoms with van der Waals surface area (Å²) in [5.74, 6) is -5.90. The Hall–Kier alpha value is -2.20. The molecule has 0 amide bonds. The molecule has 0 aromatic carbocycles. The first-order valence-corrected chi connectivity index (χ1v) is 8.54. The average Bonchev–Trinajstić information content (AvgIpc) is 2.49. The van der Waals surface area contributed by atoms with Crippen molar-refractivity contribution in [2.24, 2.45) is 0 Å². The van der Waals surface area contributed by atoms with Crippen molar-refractivity contribution in [2.45, 2.75) is 83.6 Å². The van der Waals surface area contributed by atoms with Gasteiger partial charge < -0.3 is 28.8 Å². The largest absolute Gasteiger partial charge is 0.467 e. The van der Waals surface area contributed by atoms with E-state index in [0.29, 0.717) is 0 Å². The SMILES string of the molecule is COC(=O)[C@]1(C)O[C@](C)(O)[C@](C)(OC(C)=O)[C@@](C)(OC(C)=O)[C@]1(C)OC(C)=O. The molecular weight excluding hydrogens is 376 g/mol. The Morgan fingerprint density at radius 2 is 1.07 bits per heavy atom. The summed E-state index contributed by atoms with van der Waals surface area (Å²) in [5.41, 5.74) is -8.43. The summed E-state index contributed by atoms with van der Waals surface area (Å²) in [4.78, 5) is 48.4. The third kappa shape index (κ3) is 3.14. The zero-order chi connectivity index (χ0) is 22.3. The minimum atomic E-state index is -2.37. The highest BCUT2D eigenvalue weighted by Gasteiger charge is 2.82. The number of carbonyl (C=O) groups is 4. The first-order valence-electron chi connectivity index (χ1n) is 8.54. The Labute approximate surface area is 163 Å². The van der Waals surface area contributed by atoms with Gasteiger partial charge in [-0.3, -0.25) is 14.4 Å². The van der Waals surface area contributed by atoms with Crippen molar-refractivity contribution < 1.29 is 48.0 Å². The molecule has 0 aromatic heterocycles. The van der Waals surface area contributed by atoms with E-state index in [2.05, 4.69) is 0 Å². The van der Waals surface area contributed by atoms with E-state index in [1.165, 1.54) is 27.7 Å². The highest BCUT2D eigenvalue weighted by molar-refractivity contribution is 5.83. The minimum absolute atomic E-state index is 0.836. The maximum atomic E-state index is 12.7. The molecule has 0 unspecified atom stereocenters. The van der Waals surface area contributed by atoms with Crippen molar-refractivity contribution in [3.8, 4) is 0 Å². The van der Waals surface area contributed by atoms with Crippen molar-refractivity contribution in [2.75, 3.05) is 7.11 Å². The summed E-state index contributed by atoms with van der Waals surface area (Å²) in [6, 6.07) is 0. The molecule has 1 aliphatic heterocycles. The number of hydrogen-bond donors (Lipinski definition) is 1. The van der Waals surface area contributed by atoms with Gasteiger partial charge in [0, 0.05) is 20.8 Å². The smallest absolute Gasteiger partial charge is 0.342 e. The standard InChI is InChI=1S/C18H28O10/c1-10(19)25-15(5)14(4,13(22)24-9)28-18(8,23)17(7,27-12(3)21)16(15,6)26-11(2)20/h23H,1-9H3/t14-,15+,16-,17+,18-/m0/s1. The van der Waals surface area contributed by atoms with Gasteiger partial charge in [-0.25, -0.2) is 4.79 Å². The number of esters is 4. The van der Waals surface area contributed by atoms with Crippen LogP contribution >= 0.6 is 0 Å². The van der Waals surface area contributed by atoms with E-state index in [1.54, 1.807) is 0 Å². The lowest BCUT2D eigenvalue weighted by atomic mass is 9.60. The zero-order valence-corrected chi connectivity index (χ0v) is 17.6. The van der Waals surface area contributed by atoms with Gasteiger partial charge in [-0.05, 0) is 34.6 Å². The van der Waals surface area contributed by atoms with Crippen LogP contribution in [-0.4, -0.2) is 64.3 Å². The van der Waals surface area contributed by atoms with Crippen LogP contribution < -0.4 is 0 Å². The van der Waals surface area contributed by atoms with E-state index >= 15 is 0 Å². The molecule has 0 saturated carbocycles. The Morgan fingerprint density at radius 1 is 0.714 bits per heavy atom. The Balaban J connectivity index is 4.02. The number of carbonyl (C=O) groups excluding carboxylic acids is 4.